The monoisotopic (exact) mass is 271 g/mol. The number of nitrogens with zero attached hydrogens (tertiary/aromatic N) is 3. The fourth-order valence-electron chi connectivity index (χ4n) is 1.99. The minimum Gasteiger partial charge on any atom is -0.444 e. The second-order valence-corrected chi connectivity index (χ2v) is 6.15. The van der Waals surface area contributed by atoms with E-state index in [1.54, 1.807) is 28.8 Å². The van der Waals surface area contributed by atoms with E-state index in [1.807, 2.05) is 27.7 Å². The first-order chi connectivity index (χ1) is 8.61. The lowest BCUT2D eigenvalue weighted by molar-refractivity contribution is 0.00921. The first-order valence-corrected chi connectivity index (χ1v) is 6.57. The molecule has 0 aromatic heterocycles. The molecule has 0 unspecified atom stereocenters. The molecule has 0 saturated carbocycles. The van der Waals surface area contributed by atoms with Crippen LogP contribution in [-0.2, 0) is 4.74 Å². The van der Waals surface area contributed by atoms with Crippen molar-refractivity contribution >= 4 is 12.1 Å². The quantitative estimate of drug-likeness (QED) is 0.672. The molecule has 0 bridgehead atoms. The van der Waals surface area contributed by atoms with E-state index in [2.05, 4.69) is 0 Å². The number of carbonyl (C=O) groups excluding carboxylic acids is 2. The fraction of sp³-hybridized carbons (Fsp3) is 0.846. The van der Waals surface area contributed by atoms with Gasteiger partial charge in [0.05, 0.1) is 0 Å². The van der Waals surface area contributed by atoms with Gasteiger partial charge in [-0.2, -0.15) is 0 Å². The molecule has 0 radical (unpaired) electrons. The van der Waals surface area contributed by atoms with Crippen molar-refractivity contribution in [2.24, 2.45) is 0 Å². The predicted molar refractivity (Wildman–Crippen MR) is 73.1 cm³/mol. The zero-order chi connectivity index (χ0) is 14.8. The van der Waals surface area contributed by atoms with Gasteiger partial charge in [-0.1, -0.05) is 0 Å². The molecule has 1 heterocycles. The van der Waals surface area contributed by atoms with Crippen LogP contribution in [0.15, 0.2) is 0 Å². The summed E-state index contributed by atoms with van der Waals surface area (Å²) in [6.45, 7) is 9.04. The molecule has 19 heavy (non-hydrogen) atoms. The normalized spacial score (nSPS) is 20.2. The average molecular weight is 271 g/mol. The highest BCUT2D eigenvalue weighted by Crippen LogP contribution is 2.15. The van der Waals surface area contributed by atoms with Crippen molar-refractivity contribution in [3.8, 4) is 0 Å². The first kappa shape index (κ1) is 15.6. The van der Waals surface area contributed by atoms with Crippen molar-refractivity contribution in [2.45, 2.75) is 39.3 Å². The summed E-state index contributed by atoms with van der Waals surface area (Å²) in [5.74, 6) is 0. The zero-order valence-electron chi connectivity index (χ0n) is 12.8. The molecule has 0 aliphatic carbocycles. The lowest BCUT2D eigenvalue weighted by Crippen LogP contribution is -2.57. The highest BCUT2D eigenvalue weighted by molar-refractivity contribution is 5.75. The lowest BCUT2D eigenvalue weighted by Gasteiger charge is -2.40. The third-order valence-corrected chi connectivity index (χ3v) is 2.91. The van der Waals surface area contributed by atoms with Gasteiger partial charge in [-0.15, -0.1) is 0 Å². The summed E-state index contributed by atoms with van der Waals surface area (Å²) >= 11 is 0. The van der Waals surface area contributed by atoms with Crippen LogP contribution in [0.4, 0.5) is 9.59 Å². The molecular weight excluding hydrogens is 246 g/mol. The molecule has 110 valence electrons. The fourth-order valence-corrected chi connectivity index (χ4v) is 1.99. The third kappa shape index (κ3) is 4.29. The highest BCUT2D eigenvalue weighted by Gasteiger charge is 2.32. The minimum atomic E-state index is -0.489. The van der Waals surface area contributed by atoms with Crippen LogP contribution in [0.3, 0.4) is 0 Å². The number of rotatable bonds is 0. The maximum absolute atomic E-state index is 12.0. The van der Waals surface area contributed by atoms with Crippen LogP contribution in [0.2, 0.25) is 0 Å². The number of hydrogen-bond acceptors (Lipinski definition) is 3. The van der Waals surface area contributed by atoms with Crippen molar-refractivity contribution in [2.75, 3.05) is 33.7 Å². The molecule has 0 aromatic carbocycles. The maximum atomic E-state index is 12.0. The summed E-state index contributed by atoms with van der Waals surface area (Å²) in [6, 6.07) is -0.0208. The summed E-state index contributed by atoms with van der Waals surface area (Å²) < 4.78 is 5.34. The van der Waals surface area contributed by atoms with E-state index >= 15 is 0 Å². The second-order valence-electron chi connectivity index (χ2n) is 6.15. The summed E-state index contributed by atoms with van der Waals surface area (Å²) in [5, 5.41) is 0. The van der Waals surface area contributed by atoms with Crippen LogP contribution in [-0.4, -0.2) is 72.2 Å². The van der Waals surface area contributed by atoms with Crippen LogP contribution < -0.4 is 0 Å². The van der Waals surface area contributed by atoms with E-state index in [4.69, 9.17) is 4.74 Å². The Morgan fingerprint density at radius 2 is 1.79 bits per heavy atom. The van der Waals surface area contributed by atoms with E-state index < -0.39 is 5.60 Å². The van der Waals surface area contributed by atoms with Crippen molar-refractivity contribution in [1.82, 2.24) is 14.7 Å². The van der Waals surface area contributed by atoms with Gasteiger partial charge in [-0.05, 0) is 27.7 Å². The summed E-state index contributed by atoms with van der Waals surface area (Å²) in [5.41, 5.74) is -0.489. The van der Waals surface area contributed by atoms with E-state index in [1.165, 1.54) is 0 Å². The average Bonchev–Trinajstić information content (AvgIpc) is 2.25. The van der Waals surface area contributed by atoms with Gasteiger partial charge in [-0.25, -0.2) is 9.59 Å². The van der Waals surface area contributed by atoms with Gasteiger partial charge in [-0.3, -0.25) is 0 Å². The molecule has 1 saturated heterocycles. The van der Waals surface area contributed by atoms with E-state index in [0.717, 1.165) is 0 Å². The van der Waals surface area contributed by atoms with Crippen LogP contribution >= 0.6 is 0 Å². The molecule has 1 atom stereocenters. The molecular formula is C13H25N3O3. The van der Waals surface area contributed by atoms with Gasteiger partial charge < -0.3 is 19.4 Å². The Morgan fingerprint density at radius 3 is 2.21 bits per heavy atom. The Morgan fingerprint density at radius 1 is 1.21 bits per heavy atom. The number of piperazine rings is 1. The number of amides is 3. The van der Waals surface area contributed by atoms with Crippen molar-refractivity contribution in [3.05, 3.63) is 0 Å². The predicted octanol–water partition coefficient (Wildman–Crippen LogP) is 1.61. The van der Waals surface area contributed by atoms with Gasteiger partial charge in [0, 0.05) is 39.8 Å². The number of urea groups is 1. The number of hydrogen-bond donors (Lipinski definition) is 0. The molecule has 1 fully saturated rings. The standard InChI is InChI=1S/C13H25N3O3/c1-10-9-15(12(18)19-13(2,3)4)7-8-16(10)11(17)14(5)6/h10H,7-9H2,1-6H3/t10-/m0/s1. The maximum Gasteiger partial charge on any atom is 0.410 e. The van der Waals surface area contributed by atoms with Crippen LogP contribution in [0.25, 0.3) is 0 Å². The molecule has 0 N–H and O–H groups in total. The second kappa shape index (κ2) is 5.67. The third-order valence-electron chi connectivity index (χ3n) is 2.91. The van der Waals surface area contributed by atoms with Gasteiger partial charge in [0.2, 0.25) is 0 Å². The Balaban J connectivity index is 2.59. The lowest BCUT2D eigenvalue weighted by atomic mass is 10.2. The molecule has 6 nitrogen and oxygen atoms in total. The van der Waals surface area contributed by atoms with Gasteiger partial charge in [0.25, 0.3) is 0 Å². The van der Waals surface area contributed by atoms with E-state index in [-0.39, 0.29) is 18.2 Å². The Hall–Kier alpha value is -1.46. The van der Waals surface area contributed by atoms with E-state index in [0.29, 0.717) is 19.6 Å². The topological polar surface area (TPSA) is 53.1 Å². The Bertz CT molecular complexity index is 350. The summed E-state index contributed by atoms with van der Waals surface area (Å²) in [6.07, 6.45) is -0.309. The van der Waals surface area contributed by atoms with Crippen LogP contribution in [0.1, 0.15) is 27.7 Å². The van der Waals surface area contributed by atoms with Crippen molar-refractivity contribution in [3.63, 3.8) is 0 Å². The van der Waals surface area contributed by atoms with Crippen LogP contribution in [0.5, 0.6) is 0 Å². The largest absolute Gasteiger partial charge is 0.444 e. The van der Waals surface area contributed by atoms with Crippen molar-refractivity contribution < 1.29 is 14.3 Å². The molecule has 0 spiro atoms. The van der Waals surface area contributed by atoms with E-state index in [9.17, 15) is 9.59 Å². The summed E-state index contributed by atoms with van der Waals surface area (Å²) in [7, 11) is 3.46. The smallest absolute Gasteiger partial charge is 0.410 e. The van der Waals surface area contributed by atoms with Gasteiger partial charge in [0.1, 0.15) is 5.60 Å². The van der Waals surface area contributed by atoms with Gasteiger partial charge >= 0.3 is 12.1 Å². The van der Waals surface area contributed by atoms with Crippen LogP contribution in [0, 0.1) is 0 Å². The number of ether oxygens (including phenoxy) is 1. The zero-order valence-corrected chi connectivity index (χ0v) is 12.8. The van der Waals surface area contributed by atoms with Crippen molar-refractivity contribution in [1.29, 1.82) is 0 Å². The number of carbonyl (C=O) groups is 2. The summed E-state index contributed by atoms with van der Waals surface area (Å²) in [4.78, 5) is 28.9. The molecule has 0 aromatic rings. The highest BCUT2D eigenvalue weighted by atomic mass is 16.6. The Labute approximate surface area is 115 Å². The van der Waals surface area contributed by atoms with Gasteiger partial charge in [0.15, 0.2) is 0 Å². The molecule has 1 aliphatic rings. The SMILES string of the molecule is C[C@H]1CN(C(=O)OC(C)(C)C)CCN1C(=O)N(C)C. The molecule has 3 amide bonds. The molecule has 1 rings (SSSR count). The minimum absolute atomic E-state index is 0.00355. The first-order valence-electron chi connectivity index (χ1n) is 6.57. The molecule has 1 aliphatic heterocycles. The molecule has 6 heteroatoms. The Kier molecular flexibility index (Phi) is 4.66.